The van der Waals surface area contributed by atoms with Crippen molar-refractivity contribution < 1.29 is 19.1 Å². The molecule has 0 saturated carbocycles. The van der Waals surface area contributed by atoms with Gasteiger partial charge in [-0.3, -0.25) is 9.59 Å². The first-order valence-corrected chi connectivity index (χ1v) is 8.51. The third-order valence-corrected chi connectivity index (χ3v) is 4.70. The second kappa shape index (κ2) is 7.55. The topological polar surface area (TPSA) is 59.1 Å². The lowest BCUT2D eigenvalue weighted by Gasteiger charge is -2.37. The number of carbonyl (C=O) groups is 2. The smallest absolute Gasteiger partial charge is 0.260 e. The molecule has 0 radical (unpaired) electrons. The zero-order chi connectivity index (χ0) is 16.9. The first kappa shape index (κ1) is 16.6. The van der Waals surface area contributed by atoms with Crippen molar-refractivity contribution >= 4 is 11.8 Å². The Kier molecular flexibility index (Phi) is 5.23. The second-order valence-corrected chi connectivity index (χ2v) is 6.29. The number of carbonyl (C=O) groups excluding carboxylic acids is 2. The Morgan fingerprint density at radius 3 is 2.83 bits per heavy atom. The minimum atomic E-state index is -0.0332. The normalized spacial score (nSPS) is 21.0. The minimum Gasteiger partial charge on any atom is -0.497 e. The summed E-state index contributed by atoms with van der Waals surface area (Å²) in [5, 5.41) is 0. The van der Waals surface area contributed by atoms with E-state index in [1.807, 2.05) is 21.9 Å². The number of rotatable bonds is 5. The van der Waals surface area contributed by atoms with E-state index < -0.39 is 0 Å². The van der Waals surface area contributed by atoms with Crippen molar-refractivity contribution in [3.8, 4) is 11.5 Å². The number of nitrogens with zero attached hydrogens (tertiary/aromatic N) is 2. The number of benzene rings is 1. The average Bonchev–Trinajstić information content (AvgIpc) is 3.06. The molecule has 6 nitrogen and oxygen atoms in total. The number of ether oxygens (including phenoxy) is 2. The molecule has 3 rings (SSSR count). The summed E-state index contributed by atoms with van der Waals surface area (Å²) in [6.07, 6.45) is 3.48. The number of hydrogen-bond donors (Lipinski definition) is 0. The van der Waals surface area contributed by atoms with E-state index in [2.05, 4.69) is 0 Å². The molecule has 24 heavy (non-hydrogen) atoms. The van der Waals surface area contributed by atoms with Crippen LogP contribution in [0.2, 0.25) is 0 Å². The van der Waals surface area contributed by atoms with Gasteiger partial charge in [0.2, 0.25) is 5.91 Å². The molecule has 2 aliphatic rings. The zero-order valence-electron chi connectivity index (χ0n) is 14.1. The van der Waals surface area contributed by atoms with E-state index in [0.29, 0.717) is 24.5 Å². The number of methoxy groups -OCH3 is 1. The van der Waals surface area contributed by atoms with Crippen LogP contribution in [-0.4, -0.2) is 61.0 Å². The second-order valence-electron chi connectivity index (χ2n) is 6.29. The summed E-state index contributed by atoms with van der Waals surface area (Å²) in [4.78, 5) is 28.1. The Hall–Kier alpha value is -2.24. The predicted octanol–water partition coefficient (Wildman–Crippen LogP) is 1.69. The number of amides is 2. The van der Waals surface area contributed by atoms with E-state index in [4.69, 9.17) is 9.47 Å². The molecule has 2 saturated heterocycles. The van der Waals surface area contributed by atoms with Crippen molar-refractivity contribution in [2.24, 2.45) is 0 Å². The number of hydrogen-bond acceptors (Lipinski definition) is 4. The first-order valence-electron chi connectivity index (χ1n) is 8.51. The quantitative estimate of drug-likeness (QED) is 0.823. The van der Waals surface area contributed by atoms with Gasteiger partial charge in [0, 0.05) is 38.2 Å². The fraction of sp³-hybridized carbons (Fsp3) is 0.556. The highest BCUT2D eigenvalue weighted by Crippen LogP contribution is 2.22. The van der Waals surface area contributed by atoms with Crippen LogP contribution in [0, 0.1) is 0 Å². The third kappa shape index (κ3) is 3.80. The van der Waals surface area contributed by atoms with Crippen molar-refractivity contribution in [1.29, 1.82) is 0 Å². The Bertz CT molecular complexity index is 604. The van der Waals surface area contributed by atoms with E-state index in [0.717, 1.165) is 32.4 Å². The minimum absolute atomic E-state index is 0.00777. The van der Waals surface area contributed by atoms with Crippen LogP contribution >= 0.6 is 0 Å². The van der Waals surface area contributed by atoms with Gasteiger partial charge in [-0.1, -0.05) is 6.07 Å². The number of likely N-dealkylation sites (tertiary alicyclic amines) is 2. The molecule has 0 unspecified atom stereocenters. The Morgan fingerprint density at radius 1 is 1.25 bits per heavy atom. The predicted molar refractivity (Wildman–Crippen MR) is 89.0 cm³/mol. The standard InChI is InChI=1S/C18H24N2O4/c1-23-15-6-2-7-16(11-15)24-13-18(22)19-9-3-5-14(12-19)20-10-4-8-17(20)21/h2,6-7,11,14H,3-5,8-10,12-13H2,1H3/t14-/m0/s1. The molecule has 1 atom stereocenters. The summed E-state index contributed by atoms with van der Waals surface area (Å²) in [5.74, 6) is 1.51. The van der Waals surface area contributed by atoms with Gasteiger partial charge < -0.3 is 19.3 Å². The molecule has 1 aromatic rings. The lowest BCUT2D eigenvalue weighted by Crippen LogP contribution is -2.51. The van der Waals surface area contributed by atoms with Gasteiger partial charge in [0.05, 0.1) is 7.11 Å². The highest BCUT2D eigenvalue weighted by Gasteiger charge is 2.32. The lowest BCUT2D eigenvalue weighted by atomic mass is 10.0. The van der Waals surface area contributed by atoms with Crippen molar-refractivity contribution in [2.75, 3.05) is 33.4 Å². The summed E-state index contributed by atoms with van der Waals surface area (Å²) < 4.78 is 10.7. The fourth-order valence-corrected chi connectivity index (χ4v) is 3.42. The van der Waals surface area contributed by atoms with Crippen LogP contribution in [0.15, 0.2) is 24.3 Å². The molecule has 2 heterocycles. The number of piperidine rings is 1. The fourth-order valence-electron chi connectivity index (χ4n) is 3.42. The third-order valence-electron chi connectivity index (χ3n) is 4.70. The SMILES string of the molecule is COc1cccc(OCC(=O)N2CCC[C@H](N3CCCC3=O)C2)c1. The first-order chi connectivity index (χ1) is 11.7. The van der Waals surface area contributed by atoms with Gasteiger partial charge >= 0.3 is 0 Å². The van der Waals surface area contributed by atoms with Gasteiger partial charge in [-0.25, -0.2) is 0 Å². The van der Waals surface area contributed by atoms with Gasteiger partial charge in [-0.05, 0) is 31.4 Å². The van der Waals surface area contributed by atoms with E-state index in [1.165, 1.54) is 0 Å². The summed E-state index contributed by atoms with van der Waals surface area (Å²) in [6, 6.07) is 7.38. The molecule has 0 bridgehead atoms. The molecule has 0 spiro atoms. The summed E-state index contributed by atoms with van der Waals surface area (Å²) in [7, 11) is 1.60. The van der Waals surface area contributed by atoms with Gasteiger partial charge in [-0.2, -0.15) is 0 Å². The Morgan fingerprint density at radius 2 is 2.08 bits per heavy atom. The maximum Gasteiger partial charge on any atom is 0.260 e. The van der Waals surface area contributed by atoms with Crippen LogP contribution in [0.1, 0.15) is 25.7 Å². The molecule has 0 aliphatic carbocycles. The van der Waals surface area contributed by atoms with Crippen LogP contribution in [-0.2, 0) is 9.59 Å². The van der Waals surface area contributed by atoms with Gasteiger partial charge in [0.25, 0.3) is 5.91 Å². The highest BCUT2D eigenvalue weighted by atomic mass is 16.5. The molecule has 1 aromatic carbocycles. The van der Waals surface area contributed by atoms with Crippen molar-refractivity contribution in [1.82, 2.24) is 9.80 Å². The van der Waals surface area contributed by atoms with Crippen LogP contribution in [0.25, 0.3) is 0 Å². The van der Waals surface area contributed by atoms with Crippen molar-refractivity contribution in [2.45, 2.75) is 31.7 Å². The molecule has 0 aromatic heterocycles. The maximum atomic E-state index is 12.4. The van der Waals surface area contributed by atoms with E-state index in [9.17, 15) is 9.59 Å². The zero-order valence-corrected chi connectivity index (χ0v) is 14.1. The van der Waals surface area contributed by atoms with E-state index in [-0.39, 0.29) is 24.5 Å². The molecule has 130 valence electrons. The summed E-state index contributed by atoms with van der Waals surface area (Å²) in [6.45, 7) is 2.19. The maximum absolute atomic E-state index is 12.4. The van der Waals surface area contributed by atoms with Crippen molar-refractivity contribution in [3.63, 3.8) is 0 Å². The molecule has 2 amide bonds. The van der Waals surface area contributed by atoms with Gasteiger partial charge in [0.15, 0.2) is 6.61 Å². The van der Waals surface area contributed by atoms with Crippen LogP contribution in [0.5, 0.6) is 11.5 Å². The molecule has 0 N–H and O–H groups in total. The molecule has 2 fully saturated rings. The van der Waals surface area contributed by atoms with Crippen LogP contribution in [0.3, 0.4) is 0 Å². The molecular formula is C18H24N2O4. The van der Waals surface area contributed by atoms with Crippen LogP contribution < -0.4 is 9.47 Å². The summed E-state index contributed by atoms with van der Waals surface area (Å²) in [5.41, 5.74) is 0. The van der Waals surface area contributed by atoms with Crippen molar-refractivity contribution in [3.05, 3.63) is 24.3 Å². The highest BCUT2D eigenvalue weighted by molar-refractivity contribution is 5.79. The summed E-state index contributed by atoms with van der Waals surface area (Å²) >= 11 is 0. The monoisotopic (exact) mass is 332 g/mol. The van der Waals surface area contributed by atoms with E-state index >= 15 is 0 Å². The van der Waals surface area contributed by atoms with Gasteiger partial charge in [-0.15, -0.1) is 0 Å². The molecule has 6 heteroatoms. The largest absolute Gasteiger partial charge is 0.497 e. The average molecular weight is 332 g/mol. The van der Waals surface area contributed by atoms with Gasteiger partial charge in [0.1, 0.15) is 11.5 Å². The van der Waals surface area contributed by atoms with E-state index in [1.54, 1.807) is 19.2 Å². The Labute approximate surface area is 142 Å². The molecular weight excluding hydrogens is 308 g/mol. The van der Waals surface area contributed by atoms with Crippen LogP contribution in [0.4, 0.5) is 0 Å². The Balaban J connectivity index is 1.53. The molecule has 2 aliphatic heterocycles. The lowest BCUT2D eigenvalue weighted by molar-refractivity contribution is -0.138.